The Kier molecular flexibility index (Phi) is 6.77. The van der Waals surface area contributed by atoms with Gasteiger partial charge in [0, 0.05) is 12.2 Å². The average Bonchev–Trinajstić information content (AvgIpc) is 2.60. The Balaban J connectivity index is 1.85. The highest BCUT2D eigenvalue weighted by atomic mass is 16.6. The predicted molar refractivity (Wildman–Crippen MR) is 104 cm³/mol. The number of carbonyl (C=O) groups is 1. The quantitative estimate of drug-likeness (QED) is 0.664. The van der Waals surface area contributed by atoms with E-state index >= 15 is 0 Å². The van der Waals surface area contributed by atoms with Crippen molar-refractivity contribution in [1.29, 1.82) is 0 Å². The molecule has 5 heteroatoms. The van der Waals surface area contributed by atoms with Crippen molar-refractivity contribution in [3.8, 4) is 0 Å². The second-order valence-corrected chi connectivity index (χ2v) is 7.35. The Hall–Kier alpha value is -2.37. The maximum Gasteiger partial charge on any atom is 0.323 e. The van der Waals surface area contributed by atoms with Gasteiger partial charge in [0.15, 0.2) is 0 Å². The Morgan fingerprint density at radius 1 is 1.12 bits per heavy atom. The third kappa shape index (κ3) is 6.50. The summed E-state index contributed by atoms with van der Waals surface area (Å²) in [5.41, 5.74) is 8.12. The van der Waals surface area contributed by atoms with Gasteiger partial charge in [0.25, 0.3) is 0 Å². The van der Waals surface area contributed by atoms with Gasteiger partial charge in [-0.3, -0.25) is 4.79 Å². The summed E-state index contributed by atoms with van der Waals surface area (Å²) >= 11 is 0. The molecule has 2 rings (SSSR count). The first-order chi connectivity index (χ1) is 12.2. The minimum Gasteiger partial charge on any atom is -0.459 e. The summed E-state index contributed by atoms with van der Waals surface area (Å²) in [5, 5.41) is 13.4. The SMILES string of the molecule is CC(C)(C)OC(=O)C(N)Cc1ccc(NCC(O)c2ccccc2)cc1. The monoisotopic (exact) mass is 356 g/mol. The van der Waals surface area contributed by atoms with E-state index in [4.69, 9.17) is 10.5 Å². The lowest BCUT2D eigenvalue weighted by Crippen LogP contribution is -2.38. The molecule has 2 unspecified atom stereocenters. The van der Waals surface area contributed by atoms with Crippen LogP contribution < -0.4 is 11.1 Å². The fourth-order valence-corrected chi connectivity index (χ4v) is 2.48. The number of esters is 1. The highest BCUT2D eigenvalue weighted by Crippen LogP contribution is 2.16. The van der Waals surface area contributed by atoms with Crippen molar-refractivity contribution in [1.82, 2.24) is 0 Å². The number of ether oxygens (including phenoxy) is 1. The Morgan fingerprint density at radius 2 is 1.73 bits per heavy atom. The van der Waals surface area contributed by atoms with E-state index in [0.29, 0.717) is 13.0 Å². The molecule has 0 bridgehead atoms. The first-order valence-corrected chi connectivity index (χ1v) is 8.79. The Morgan fingerprint density at radius 3 is 2.31 bits per heavy atom. The summed E-state index contributed by atoms with van der Waals surface area (Å²) in [6.45, 7) is 5.88. The molecule has 26 heavy (non-hydrogen) atoms. The Bertz CT molecular complexity index is 693. The summed E-state index contributed by atoms with van der Waals surface area (Å²) in [7, 11) is 0. The molecular weight excluding hydrogens is 328 g/mol. The molecule has 140 valence electrons. The van der Waals surface area contributed by atoms with Crippen LogP contribution in [-0.2, 0) is 16.0 Å². The van der Waals surface area contributed by atoms with Gasteiger partial charge < -0.3 is 20.9 Å². The van der Waals surface area contributed by atoms with Gasteiger partial charge in [-0.25, -0.2) is 0 Å². The zero-order valence-corrected chi connectivity index (χ0v) is 15.6. The lowest BCUT2D eigenvalue weighted by molar-refractivity contribution is -0.156. The van der Waals surface area contributed by atoms with Crippen LogP contribution in [0.15, 0.2) is 54.6 Å². The highest BCUT2D eigenvalue weighted by molar-refractivity contribution is 5.76. The summed E-state index contributed by atoms with van der Waals surface area (Å²) in [6.07, 6.45) is -0.154. The van der Waals surface area contributed by atoms with Crippen molar-refractivity contribution < 1.29 is 14.6 Å². The van der Waals surface area contributed by atoms with Gasteiger partial charge in [-0.1, -0.05) is 42.5 Å². The maximum absolute atomic E-state index is 12.0. The molecule has 0 heterocycles. The van der Waals surface area contributed by atoms with Crippen LogP contribution in [0.3, 0.4) is 0 Å². The molecule has 0 amide bonds. The van der Waals surface area contributed by atoms with Gasteiger partial charge in [-0.05, 0) is 50.5 Å². The first kappa shape index (κ1) is 19.9. The predicted octanol–water partition coefficient (Wildman–Crippen LogP) is 3.04. The molecule has 0 saturated carbocycles. The second-order valence-electron chi connectivity index (χ2n) is 7.35. The summed E-state index contributed by atoms with van der Waals surface area (Å²) < 4.78 is 5.30. The molecule has 2 aromatic rings. The standard InChI is InChI=1S/C21H28N2O3/c1-21(2,3)26-20(25)18(22)13-15-9-11-17(12-10-15)23-14-19(24)16-7-5-4-6-8-16/h4-12,18-19,23-24H,13-14,22H2,1-3H3. The first-order valence-electron chi connectivity index (χ1n) is 8.79. The number of nitrogens with one attached hydrogen (secondary N) is 1. The third-order valence-electron chi connectivity index (χ3n) is 3.80. The number of hydrogen-bond donors (Lipinski definition) is 3. The van der Waals surface area contributed by atoms with Crippen molar-refractivity contribution in [2.45, 2.75) is 44.9 Å². The molecule has 0 radical (unpaired) electrons. The van der Waals surface area contributed by atoms with E-state index in [1.165, 1.54) is 0 Å². The number of anilines is 1. The molecule has 5 nitrogen and oxygen atoms in total. The van der Waals surface area contributed by atoms with Gasteiger partial charge in [0.05, 0.1) is 6.10 Å². The molecule has 0 aromatic heterocycles. The summed E-state index contributed by atoms with van der Waals surface area (Å²) in [5.74, 6) is -0.398. The number of hydrogen-bond acceptors (Lipinski definition) is 5. The van der Waals surface area contributed by atoms with Crippen molar-refractivity contribution in [3.63, 3.8) is 0 Å². The van der Waals surface area contributed by atoms with E-state index in [1.54, 1.807) is 0 Å². The van der Waals surface area contributed by atoms with E-state index < -0.39 is 23.7 Å². The number of aliphatic hydroxyl groups excluding tert-OH is 1. The Labute approximate surface area is 155 Å². The van der Waals surface area contributed by atoms with Gasteiger partial charge in [-0.15, -0.1) is 0 Å². The molecule has 2 aromatic carbocycles. The van der Waals surface area contributed by atoms with Gasteiger partial charge >= 0.3 is 5.97 Å². The summed E-state index contributed by atoms with van der Waals surface area (Å²) in [4.78, 5) is 12.0. The molecule has 0 aliphatic heterocycles. The number of aliphatic hydroxyl groups is 1. The smallest absolute Gasteiger partial charge is 0.323 e. The normalized spacial score (nSPS) is 13.7. The van der Waals surface area contributed by atoms with E-state index in [1.807, 2.05) is 75.4 Å². The average molecular weight is 356 g/mol. The van der Waals surface area contributed by atoms with Crippen LogP contribution in [0.25, 0.3) is 0 Å². The zero-order chi connectivity index (χ0) is 19.2. The molecule has 0 saturated heterocycles. The molecule has 2 atom stereocenters. The van der Waals surface area contributed by atoms with Crippen LogP contribution in [0.1, 0.15) is 38.0 Å². The largest absolute Gasteiger partial charge is 0.459 e. The van der Waals surface area contributed by atoms with Crippen LogP contribution in [0, 0.1) is 0 Å². The maximum atomic E-state index is 12.0. The van der Waals surface area contributed by atoms with Crippen molar-refractivity contribution in [2.24, 2.45) is 5.73 Å². The summed E-state index contributed by atoms with van der Waals surface area (Å²) in [6, 6.07) is 16.5. The van der Waals surface area contributed by atoms with Crippen molar-refractivity contribution in [2.75, 3.05) is 11.9 Å². The lowest BCUT2D eigenvalue weighted by atomic mass is 10.1. The van der Waals surface area contributed by atoms with E-state index in [0.717, 1.165) is 16.8 Å². The van der Waals surface area contributed by atoms with E-state index in [9.17, 15) is 9.90 Å². The molecule has 0 aliphatic rings. The molecule has 0 spiro atoms. The number of benzene rings is 2. The number of rotatable bonds is 7. The minimum absolute atomic E-state index is 0.398. The van der Waals surface area contributed by atoms with E-state index in [2.05, 4.69) is 5.32 Å². The topological polar surface area (TPSA) is 84.6 Å². The third-order valence-corrected chi connectivity index (χ3v) is 3.80. The highest BCUT2D eigenvalue weighted by Gasteiger charge is 2.22. The van der Waals surface area contributed by atoms with Gasteiger partial charge in [-0.2, -0.15) is 0 Å². The molecular formula is C21H28N2O3. The number of nitrogens with two attached hydrogens (primary N) is 1. The van der Waals surface area contributed by atoms with Gasteiger partial charge in [0.2, 0.25) is 0 Å². The van der Waals surface area contributed by atoms with Crippen LogP contribution in [0.4, 0.5) is 5.69 Å². The fraction of sp³-hybridized carbons (Fsp3) is 0.381. The minimum atomic E-state index is -0.687. The van der Waals surface area contributed by atoms with Crippen LogP contribution in [-0.4, -0.2) is 29.3 Å². The van der Waals surface area contributed by atoms with Crippen molar-refractivity contribution in [3.05, 3.63) is 65.7 Å². The fourth-order valence-electron chi connectivity index (χ4n) is 2.48. The molecule has 4 N–H and O–H groups in total. The van der Waals surface area contributed by atoms with Crippen molar-refractivity contribution >= 4 is 11.7 Å². The number of carbonyl (C=O) groups excluding carboxylic acids is 1. The van der Waals surface area contributed by atoms with Crippen LogP contribution in [0.2, 0.25) is 0 Å². The van der Waals surface area contributed by atoms with Crippen LogP contribution in [0.5, 0.6) is 0 Å². The lowest BCUT2D eigenvalue weighted by Gasteiger charge is -2.22. The van der Waals surface area contributed by atoms with Gasteiger partial charge in [0.1, 0.15) is 11.6 Å². The zero-order valence-electron chi connectivity index (χ0n) is 15.6. The van der Waals surface area contributed by atoms with Crippen LogP contribution >= 0.6 is 0 Å². The molecule has 0 aliphatic carbocycles. The second kappa shape index (κ2) is 8.83. The molecule has 0 fully saturated rings. The van der Waals surface area contributed by atoms with E-state index in [-0.39, 0.29) is 0 Å².